The van der Waals surface area contributed by atoms with Gasteiger partial charge < -0.3 is 13.7 Å². The van der Waals surface area contributed by atoms with Crippen molar-refractivity contribution in [3.8, 4) is 124 Å². The van der Waals surface area contributed by atoms with Gasteiger partial charge in [0.2, 0.25) is 0 Å². The standard InChI is InChI=1S/2C44H29N3O.C38H25N3O/c48-44-38-25-23-34(33-24-26-42-39(28-33)37-21-10-11-22-41(37)46(42)35-18-8-3-9-19-35)29-40(38)45-43(31-15-6-2-7-16-31)47(44)36-20-12-17-32(27-36)30-13-4-1-5-14-30;48-44-39-29-33(34-24-26-42-38(28-34)37-21-10-11-22-41(37)46(42)35-18-8-3-9-19-35)23-25-40(39)45-43(31-15-6-2-7-16-31)47(44)36-20-12-17-32(27-36)30-13-4-1-5-14-30;42-38-32-16-7-9-17-34(32)39-37(41(38)29-13-5-2-6-14-29)27-19-22-30(23-20-27)40-35-18-10-8-15-31(35)33-25-28(21-24-36(33)40)26-11-3-1-4-12-26/h2*1-29H;1-25H. The van der Waals surface area contributed by atoms with E-state index in [1.54, 1.807) is 13.7 Å². The number of para-hydroxylation sites is 7. The number of nitrogens with zero attached hydrogens (tertiary/aromatic N) is 9. The Balaban J connectivity index is 0.000000113. The van der Waals surface area contributed by atoms with Crippen LogP contribution in [-0.4, -0.2) is 42.4 Å². The van der Waals surface area contributed by atoms with Crippen molar-refractivity contribution in [2.75, 3.05) is 0 Å². The molecule has 20 aromatic carbocycles. The highest BCUT2D eigenvalue weighted by Gasteiger charge is 2.24. The molecule has 0 fully saturated rings. The van der Waals surface area contributed by atoms with E-state index in [0.717, 1.165) is 123 Å². The molecular formula is C126H83N9O3. The molecule has 0 bridgehead atoms. The maximum absolute atomic E-state index is 14.6. The van der Waals surface area contributed by atoms with Crippen LogP contribution >= 0.6 is 0 Å². The third-order valence-electron chi connectivity index (χ3n) is 26.2. The third-order valence-corrected chi connectivity index (χ3v) is 26.2. The summed E-state index contributed by atoms with van der Waals surface area (Å²) in [7, 11) is 0. The summed E-state index contributed by atoms with van der Waals surface area (Å²) in [6, 6.07) is 171. The first-order valence-corrected chi connectivity index (χ1v) is 46.2. The van der Waals surface area contributed by atoms with Gasteiger partial charge in [0.25, 0.3) is 16.7 Å². The van der Waals surface area contributed by atoms with Gasteiger partial charge in [-0.25, -0.2) is 15.0 Å². The van der Waals surface area contributed by atoms with Gasteiger partial charge in [0.15, 0.2) is 0 Å². The first kappa shape index (κ1) is 82.4. The highest BCUT2D eigenvalue weighted by atomic mass is 16.1. The average molecular weight is 1770 g/mol. The van der Waals surface area contributed by atoms with E-state index in [1.165, 1.54) is 49.0 Å². The lowest BCUT2D eigenvalue weighted by Crippen LogP contribution is -2.22. The molecular weight excluding hydrogens is 1690 g/mol. The zero-order chi connectivity index (χ0) is 92.1. The number of aromatic nitrogens is 9. The molecule has 0 unspecified atom stereocenters. The van der Waals surface area contributed by atoms with Crippen LogP contribution in [0.1, 0.15) is 0 Å². The summed E-state index contributed by atoms with van der Waals surface area (Å²) in [6.45, 7) is 0. The molecule has 26 rings (SSSR count). The minimum Gasteiger partial charge on any atom is -0.309 e. The van der Waals surface area contributed by atoms with Crippen molar-refractivity contribution >= 4 is 98.1 Å². The van der Waals surface area contributed by atoms with Gasteiger partial charge in [-0.3, -0.25) is 28.1 Å². The monoisotopic (exact) mass is 1770 g/mol. The van der Waals surface area contributed by atoms with Crippen LogP contribution in [0.3, 0.4) is 0 Å². The molecule has 26 aromatic rings. The normalized spacial score (nSPS) is 11.4. The summed E-state index contributed by atoms with van der Waals surface area (Å²) < 4.78 is 12.1. The highest BCUT2D eigenvalue weighted by molar-refractivity contribution is 6.13. The fourth-order valence-electron chi connectivity index (χ4n) is 19.7. The van der Waals surface area contributed by atoms with Crippen LogP contribution in [-0.2, 0) is 0 Å². The Hall–Kier alpha value is -18.8. The fraction of sp³-hybridized carbons (Fsp3) is 0. The molecule has 0 aliphatic heterocycles. The molecule has 6 heterocycles. The molecule has 6 aromatic heterocycles. The number of hydrogen-bond donors (Lipinski definition) is 0. The molecule has 0 aliphatic carbocycles. The maximum Gasteiger partial charge on any atom is 0.266 e. The quantitative estimate of drug-likeness (QED) is 0.107. The third kappa shape index (κ3) is 15.1. The summed E-state index contributed by atoms with van der Waals surface area (Å²) in [5.41, 5.74) is 27.7. The summed E-state index contributed by atoms with van der Waals surface area (Å²) in [5, 5.41) is 8.90. The van der Waals surface area contributed by atoms with E-state index in [2.05, 4.69) is 293 Å². The predicted octanol–water partition coefficient (Wildman–Crippen LogP) is 29.8. The van der Waals surface area contributed by atoms with Crippen LogP contribution in [0.4, 0.5) is 0 Å². The molecule has 138 heavy (non-hydrogen) atoms. The molecule has 0 radical (unpaired) electrons. The first-order chi connectivity index (χ1) is 68.2. The lowest BCUT2D eigenvalue weighted by atomic mass is 10.0. The van der Waals surface area contributed by atoms with Crippen molar-refractivity contribution in [3.05, 3.63) is 535 Å². The van der Waals surface area contributed by atoms with Crippen LogP contribution in [0.5, 0.6) is 0 Å². The van der Waals surface area contributed by atoms with Crippen molar-refractivity contribution in [3.63, 3.8) is 0 Å². The number of benzene rings is 20. The summed E-state index contributed by atoms with van der Waals surface area (Å²) >= 11 is 0. The van der Waals surface area contributed by atoms with Crippen molar-refractivity contribution in [2.24, 2.45) is 0 Å². The largest absolute Gasteiger partial charge is 0.309 e. The smallest absolute Gasteiger partial charge is 0.266 e. The van der Waals surface area contributed by atoms with E-state index in [4.69, 9.17) is 15.0 Å². The Morgan fingerprint density at radius 2 is 0.370 bits per heavy atom. The van der Waals surface area contributed by atoms with Gasteiger partial charge in [0, 0.05) is 66.1 Å². The minimum atomic E-state index is -0.104. The molecule has 12 heteroatoms. The second-order valence-corrected chi connectivity index (χ2v) is 34.4. The van der Waals surface area contributed by atoms with E-state index in [-0.39, 0.29) is 16.7 Å². The van der Waals surface area contributed by atoms with E-state index >= 15 is 0 Å². The fourth-order valence-corrected chi connectivity index (χ4v) is 19.7. The Morgan fingerprint density at radius 1 is 0.130 bits per heavy atom. The highest BCUT2D eigenvalue weighted by Crippen LogP contribution is 2.42. The maximum atomic E-state index is 14.6. The van der Waals surface area contributed by atoms with Gasteiger partial charge >= 0.3 is 0 Å². The van der Waals surface area contributed by atoms with E-state index in [9.17, 15) is 14.4 Å². The van der Waals surface area contributed by atoms with Crippen molar-refractivity contribution < 1.29 is 0 Å². The topological polar surface area (TPSA) is 119 Å². The zero-order valence-electron chi connectivity index (χ0n) is 74.7. The Kier molecular flexibility index (Phi) is 21.1. The molecule has 12 nitrogen and oxygen atoms in total. The van der Waals surface area contributed by atoms with Gasteiger partial charge in [-0.1, -0.05) is 328 Å². The number of hydrogen-bond acceptors (Lipinski definition) is 6. The van der Waals surface area contributed by atoms with E-state index in [0.29, 0.717) is 50.2 Å². The van der Waals surface area contributed by atoms with Crippen LogP contribution in [0.15, 0.2) is 518 Å². The van der Waals surface area contributed by atoms with Crippen LogP contribution < -0.4 is 16.7 Å². The van der Waals surface area contributed by atoms with Gasteiger partial charge in [-0.05, 0) is 232 Å². The van der Waals surface area contributed by atoms with E-state index in [1.807, 2.05) is 224 Å². The molecule has 0 aliphatic rings. The summed E-state index contributed by atoms with van der Waals surface area (Å²) in [5.74, 6) is 1.84. The Bertz CT molecular complexity index is 9370. The lowest BCUT2D eigenvalue weighted by molar-refractivity contribution is 0.975. The SMILES string of the molecule is O=c1c2cc(-c3ccc4c(c3)c3ccccc3n4-c3ccccc3)ccc2nc(-c2ccccc2)n1-c1cccc(-c2ccccc2)c1.O=c1c2ccc(-c3ccc4c(c3)c3ccccc3n4-c3ccccc3)cc2nc(-c2ccccc2)n1-c1cccc(-c2ccccc2)c1.O=c1c2ccccc2nc(-c2ccc(-n3c4ccccc4c4cc(-c5ccccc5)ccc43)cc2)n1-c1ccccc1. The number of fused-ring (bicyclic) bond motifs is 12. The van der Waals surface area contributed by atoms with E-state index < -0.39 is 0 Å². The molecule has 0 saturated heterocycles. The second-order valence-electron chi connectivity index (χ2n) is 34.4. The summed E-state index contributed by atoms with van der Waals surface area (Å²) in [4.78, 5) is 58.0. The Labute approximate surface area is 793 Å². The molecule has 0 atom stereocenters. The summed E-state index contributed by atoms with van der Waals surface area (Å²) in [6.07, 6.45) is 0. The molecule has 0 saturated carbocycles. The first-order valence-electron chi connectivity index (χ1n) is 46.2. The second kappa shape index (κ2) is 35.4. The molecule has 0 amide bonds. The zero-order valence-corrected chi connectivity index (χ0v) is 74.7. The molecule has 0 spiro atoms. The minimum absolute atomic E-state index is 0.0810. The number of rotatable bonds is 14. The van der Waals surface area contributed by atoms with Gasteiger partial charge in [-0.2, -0.15) is 0 Å². The molecule has 0 N–H and O–H groups in total. The van der Waals surface area contributed by atoms with Crippen LogP contribution in [0.25, 0.3) is 222 Å². The van der Waals surface area contributed by atoms with Crippen LogP contribution in [0, 0.1) is 0 Å². The van der Waals surface area contributed by atoms with Gasteiger partial charge in [0.1, 0.15) is 17.5 Å². The average Bonchev–Trinajstić information content (AvgIpc) is 1.44. The van der Waals surface area contributed by atoms with Gasteiger partial charge in [0.05, 0.1) is 82.9 Å². The van der Waals surface area contributed by atoms with Gasteiger partial charge in [-0.15, -0.1) is 0 Å². The Morgan fingerprint density at radius 3 is 0.783 bits per heavy atom. The van der Waals surface area contributed by atoms with Crippen molar-refractivity contribution in [2.45, 2.75) is 0 Å². The lowest BCUT2D eigenvalue weighted by Gasteiger charge is -2.15. The predicted molar refractivity (Wildman–Crippen MR) is 569 cm³/mol. The van der Waals surface area contributed by atoms with Crippen molar-refractivity contribution in [1.29, 1.82) is 0 Å². The molecule has 650 valence electrons. The van der Waals surface area contributed by atoms with Crippen molar-refractivity contribution in [1.82, 2.24) is 42.4 Å². The van der Waals surface area contributed by atoms with Crippen LogP contribution in [0.2, 0.25) is 0 Å².